The smallest absolute Gasteiger partial charge is 0.164 e. The number of fused-ring (bicyclic) bond motifs is 3. The highest BCUT2D eigenvalue weighted by molar-refractivity contribution is 6.37. The standard InChI is InChI=1S/C53H31N3/c1-2-9-32(10-3-1)34-19-25-38(26-20-34)51-54-52(41-28-21-33-11-4-5-12-39(33)29-41)56-53(55-51)42-30-40-27-24-37-14-7-17-44-43-16-6-13-35-22-23-36-15-8-18-45(49(36)47(35)43)46(31-42)50(40)48(37)44/h1-31H. The highest BCUT2D eigenvalue weighted by Gasteiger charge is 2.19. The average molecular weight is 710 g/mol. The number of nitrogens with zero attached hydrogens (tertiary/aromatic N) is 3. The van der Waals surface area contributed by atoms with Gasteiger partial charge in [0.25, 0.3) is 0 Å². The molecule has 0 saturated heterocycles. The van der Waals surface area contributed by atoms with Crippen molar-refractivity contribution in [2.24, 2.45) is 0 Å². The van der Waals surface area contributed by atoms with Gasteiger partial charge in [0, 0.05) is 16.7 Å². The van der Waals surface area contributed by atoms with Crippen LogP contribution in [-0.2, 0) is 0 Å². The summed E-state index contributed by atoms with van der Waals surface area (Å²) < 4.78 is 0. The van der Waals surface area contributed by atoms with E-state index in [0.717, 1.165) is 33.0 Å². The van der Waals surface area contributed by atoms with Gasteiger partial charge in [-0.25, -0.2) is 15.0 Å². The number of rotatable bonds is 4. The minimum absolute atomic E-state index is 0.641. The van der Waals surface area contributed by atoms with Gasteiger partial charge in [-0.15, -0.1) is 0 Å². The van der Waals surface area contributed by atoms with E-state index in [0.29, 0.717) is 17.5 Å². The van der Waals surface area contributed by atoms with Crippen LogP contribution in [0, 0.1) is 0 Å². The van der Waals surface area contributed by atoms with E-state index in [1.54, 1.807) is 0 Å². The molecule has 11 aromatic carbocycles. The van der Waals surface area contributed by atoms with E-state index < -0.39 is 0 Å². The van der Waals surface area contributed by atoms with E-state index in [1.165, 1.54) is 70.2 Å². The molecule has 0 aliphatic carbocycles. The largest absolute Gasteiger partial charge is 0.208 e. The fraction of sp³-hybridized carbons (Fsp3) is 0. The third-order valence-corrected chi connectivity index (χ3v) is 11.6. The first-order valence-corrected chi connectivity index (χ1v) is 19.1. The Bertz CT molecular complexity index is 3510. The van der Waals surface area contributed by atoms with Crippen molar-refractivity contribution in [2.45, 2.75) is 0 Å². The first-order valence-electron chi connectivity index (χ1n) is 19.1. The van der Waals surface area contributed by atoms with Crippen molar-refractivity contribution in [3.05, 3.63) is 188 Å². The molecule has 0 fully saturated rings. The van der Waals surface area contributed by atoms with Gasteiger partial charge in [0.2, 0.25) is 0 Å². The molecule has 0 saturated carbocycles. The van der Waals surface area contributed by atoms with Crippen LogP contribution in [-0.4, -0.2) is 15.0 Å². The van der Waals surface area contributed by atoms with Gasteiger partial charge in [0.05, 0.1) is 0 Å². The molecule has 0 amide bonds. The van der Waals surface area contributed by atoms with Gasteiger partial charge in [-0.1, -0.05) is 170 Å². The molecule has 0 unspecified atom stereocenters. The van der Waals surface area contributed by atoms with Crippen molar-refractivity contribution in [3.8, 4) is 45.3 Å². The topological polar surface area (TPSA) is 38.7 Å². The maximum atomic E-state index is 5.27. The Morgan fingerprint density at radius 2 is 0.625 bits per heavy atom. The Balaban J connectivity index is 1.16. The summed E-state index contributed by atoms with van der Waals surface area (Å²) in [7, 11) is 0. The molecule has 12 rings (SSSR count). The molecule has 56 heavy (non-hydrogen) atoms. The van der Waals surface area contributed by atoms with E-state index in [2.05, 4.69) is 182 Å². The Labute approximate surface area is 322 Å². The third kappa shape index (κ3) is 4.74. The fourth-order valence-electron chi connectivity index (χ4n) is 8.95. The van der Waals surface area contributed by atoms with Crippen molar-refractivity contribution in [1.82, 2.24) is 15.0 Å². The zero-order chi connectivity index (χ0) is 36.7. The second-order valence-electron chi connectivity index (χ2n) is 14.8. The lowest BCUT2D eigenvalue weighted by Crippen LogP contribution is -2.00. The molecule has 258 valence electrons. The third-order valence-electron chi connectivity index (χ3n) is 11.6. The summed E-state index contributed by atoms with van der Waals surface area (Å²) in [4.78, 5) is 15.7. The molecular formula is C53H31N3. The molecule has 0 atom stereocenters. The normalized spacial score (nSPS) is 11.9. The number of hydrogen-bond donors (Lipinski definition) is 0. The molecule has 3 heteroatoms. The van der Waals surface area contributed by atoms with Crippen molar-refractivity contribution in [3.63, 3.8) is 0 Å². The minimum atomic E-state index is 0.641. The summed E-state index contributed by atoms with van der Waals surface area (Å²) in [6.07, 6.45) is 0. The lowest BCUT2D eigenvalue weighted by molar-refractivity contribution is 1.08. The lowest BCUT2D eigenvalue weighted by atomic mass is 9.87. The van der Waals surface area contributed by atoms with Crippen LogP contribution in [0.5, 0.6) is 0 Å². The molecule has 1 heterocycles. The summed E-state index contributed by atoms with van der Waals surface area (Å²) >= 11 is 0. The second-order valence-corrected chi connectivity index (χ2v) is 14.8. The Kier molecular flexibility index (Phi) is 6.63. The molecular weight excluding hydrogens is 679 g/mol. The lowest BCUT2D eigenvalue weighted by Gasteiger charge is -2.17. The van der Waals surface area contributed by atoms with Gasteiger partial charge >= 0.3 is 0 Å². The van der Waals surface area contributed by atoms with Crippen molar-refractivity contribution >= 4 is 75.4 Å². The van der Waals surface area contributed by atoms with Gasteiger partial charge in [-0.05, 0) is 105 Å². The summed E-state index contributed by atoms with van der Waals surface area (Å²) in [5, 5.41) is 17.2. The van der Waals surface area contributed by atoms with Crippen LogP contribution in [0.1, 0.15) is 0 Å². The van der Waals surface area contributed by atoms with Crippen LogP contribution in [0.25, 0.3) is 121 Å². The van der Waals surface area contributed by atoms with Crippen molar-refractivity contribution in [1.29, 1.82) is 0 Å². The number of aromatic nitrogens is 3. The number of hydrogen-bond acceptors (Lipinski definition) is 3. The Morgan fingerprint density at radius 3 is 1.27 bits per heavy atom. The number of benzene rings is 10. The summed E-state index contributed by atoms with van der Waals surface area (Å²) in [5.41, 5.74) is 5.17. The maximum Gasteiger partial charge on any atom is 0.164 e. The molecule has 0 N–H and O–H groups in total. The zero-order valence-electron chi connectivity index (χ0n) is 30.2. The van der Waals surface area contributed by atoms with E-state index >= 15 is 0 Å². The summed E-state index contributed by atoms with van der Waals surface area (Å²) in [6, 6.07) is 67.7. The predicted molar refractivity (Wildman–Crippen MR) is 235 cm³/mol. The minimum Gasteiger partial charge on any atom is -0.208 e. The van der Waals surface area contributed by atoms with Crippen LogP contribution >= 0.6 is 0 Å². The monoisotopic (exact) mass is 709 g/mol. The predicted octanol–water partition coefficient (Wildman–Crippen LogP) is 14.0. The molecule has 12 aromatic rings. The van der Waals surface area contributed by atoms with Crippen molar-refractivity contribution < 1.29 is 0 Å². The van der Waals surface area contributed by atoms with Crippen LogP contribution in [0.4, 0.5) is 0 Å². The van der Waals surface area contributed by atoms with Gasteiger partial charge in [0.15, 0.2) is 17.5 Å². The molecule has 0 radical (unpaired) electrons. The molecule has 0 aliphatic rings. The Morgan fingerprint density at radius 1 is 0.214 bits per heavy atom. The second kappa shape index (κ2) is 12.0. The van der Waals surface area contributed by atoms with Crippen molar-refractivity contribution in [2.75, 3.05) is 0 Å². The molecule has 1 aromatic heterocycles. The average Bonchev–Trinajstić information content (AvgIpc) is 3.27. The fourth-order valence-corrected chi connectivity index (χ4v) is 8.95. The van der Waals surface area contributed by atoms with Gasteiger partial charge < -0.3 is 0 Å². The molecule has 3 nitrogen and oxygen atoms in total. The van der Waals surface area contributed by atoms with Crippen LogP contribution < -0.4 is 0 Å². The first kappa shape index (κ1) is 30.9. The molecule has 0 aliphatic heterocycles. The van der Waals surface area contributed by atoms with E-state index in [1.807, 2.05) is 6.07 Å². The summed E-state index contributed by atoms with van der Waals surface area (Å²) in [5.74, 6) is 1.93. The van der Waals surface area contributed by atoms with E-state index in [-0.39, 0.29) is 0 Å². The van der Waals surface area contributed by atoms with Gasteiger partial charge in [-0.2, -0.15) is 0 Å². The summed E-state index contributed by atoms with van der Waals surface area (Å²) in [6.45, 7) is 0. The highest BCUT2D eigenvalue weighted by Crippen LogP contribution is 2.44. The SMILES string of the molecule is c1ccc(-c2ccc(-c3nc(-c4ccc5ccccc5c4)nc(-c4cc5ccc6cccc7c8cccc9ccc%10cccc(c(c4)c5c67)c%10c98)n3)cc2)cc1. The van der Waals surface area contributed by atoms with Crippen LogP contribution in [0.15, 0.2) is 188 Å². The first-order chi connectivity index (χ1) is 27.7. The molecule has 0 bridgehead atoms. The Hall–Kier alpha value is -7.49. The maximum absolute atomic E-state index is 5.27. The van der Waals surface area contributed by atoms with Gasteiger partial charge in [-0.3, -0.25) is 0 Å². The van der Waals surface area contributed by atoms with Crippen LogP contribution in [0.2, 0.25) is 0 Å². The zero-order valence-corrected chi connectivity index (χ0v) is 30.2. The highest BCUT2D eigenvalue weighted by atomic mass is 15.0. The van der Waals surface area contributed by atoms with E-state index in [4.69, 9.17) is 15.0 Å². The van der Waals surface area contributed by atoms with Gasteiger partial charge in [0.1, 0.15) is 0 Å². The quantitative estimate of drug-likeness (QED) is 0.171. The molecule has 0 spiro atoms. The van der Waals surface area contributed by atoms with E-state index in [9.17, 15) is 0 Å². The van der Waals surface area contributed by atoms with Crippen LogP contribution in [0.3, 0.4) is 0 Å².